The summed E-state index contributed by atoms with van der Waals surface area (Å²) in [6.45, 7) is 3.56. The number of amides is 1. The van der Waals surface area contributed by atoms with Crippen molar-refractivity contribution >= 4 is 5.91 Å². The van der Waals surface area contributed by atoms with Crippen LogP contribution in [-0.2, 0) is 6.54 Å². The molecule has 1 amide bonds. The first-order valence-corrected chi connectivity index (χ1v) is 7.03. The molecular weight excluding hydrogens is 285 g/mol. The van der Waals surface area contributed by atoms with Crippen LogP contribution in [0.25, 0.3) is 0 Å². The van der Waals surface area contributed by atoms with Gasteiger partial charge in [0.05, 0.1) is 5.56 Å². The predicted molar refractivity (Wildman–Crippen MR) is 81.2 cm³/mol. The van der Waals surface area contributed by atoms with Gasteiger partial charge in [0, 0.05) is 18.8 Å². The van der Waals surface area contributed by atoms with Crippen LogP contribution in [0.2, 0.25) is 0 Å². The van der Waals surface area contributed by atoms with Crippen molar-refractivity contribution in [3.8, 4) is 11.6 Å². The van der Waals surface area contributed by atoms with Crippen molar-refractivity contribution in [1.29, 1.82) is 0 Å². The van der Waals surface area contributed by atoms with Crippen molar-refractivity contribution < 1.29 is 13.9 Å². The molecule has 1 aromatic carbocycles. The average molecular weight is 303 g/mol. The van der Waals surface area contributed by atoms with Gasteiger partial charge in [-0.1, -0.05) is 13.0 Å². The Morgan fingerprint density at radius 2 is 2.18 bits per heavy atom. The van der Waals surface area contributed by atoms with E-state index < -0.39 is 11.7 Å². The summed E-state index contributed by atoms with van der Waals surface area (Å²) < 4.78 is 19.4. The fraction of sp³-hybridized carbons (Fsp3) is 0.250. The zero-order chi connectivity index (χ0) is 15.9. The first kappa shape index (κ1) is 15.9. The molecule has 1 aromatic heterocycles. The quantitative estimate of drug-likeness (QED) is 0.771. The molecule has 3 N–H and O–H groups in total. The second-order valence-corrected chi connectivity index (χ2v) is 4.79. The van der Waals surface area contributed by atoms with Crippen LogP contribution in [0.4, 0.5) is 4.39 Å². The first-order valence-electron chi connectivity index (χ1n) is 7.03. The summed E-state index contributed by atoms with van der Waals surface area (Å²) in [5, 5.41) is 3.20. The third-order valence-electron chi connectivity index (χ3n) is 2.99. The minimum atomic E-state index is -0.575. The third-order valence-corrected chi connectivity index (χ3v) is 2.99. The van der Waals surface area contributed by atoms with Gasteiger partial charge in [0.25, 0.3) is 0 Å². The molecule has 0 fully saturated rings. The van der Waals surface area contributed by atoms with Gasteiger partial charge < -0.3 is 15.8 Å². The Kier molecular flexibility index (Phi) is 5.43. The molecule has 0 saturated carbocycles. The highest BCUT2D eigenvalue weighted by Gasteiger charge is 2.08. The zero-order valence-corrected chi connectivity index (χ0v) is 12.3. The van der Waals surface area contributed by atoms with E-state index in [4.69, 9.17) is 10.5 Å². The monoisotopic (exact) mass is 303 g/mol. The maximum absolute atomic E-state index is 14.0. The molecule has 0 spiro atoms. The molecular formula is C16H18FN3O2. The summed E-state index contributed by atoms with van der Waals surface area (Å²) in [7, 11) is 0. The van der Waals surface area contributed by atoms with Gasteiger partial charge in [0.15, 0.2) is 11.6 Å². The number of aromatic nitrogens is 1. The SMILES string of the molecule is CCCNCc1ccc(Oc2ccc(C(N)=O)cn2)c(F)c1. The van der Waals surface area contributed by atoms with Crippen molar-refractivity contribution in [2.45, 2.75) is 19.9 Å². The third kappa shape index (κ3) is 4.26. The molecule has 0 radical (unpaired) electrons. The summed E-state index contributed by atoms with van der Waals surface area (Å²) in [6, 6.07) is 7.72. The van der Waals surface area contributed by atoms with E-state index in [1.165, 1.54) is 24.4 Å². The maximum atomic E-state index is 14.0. The van der Waals surface area contributed by atoms with E-state index >= 15 is 0 Å². The zero-order valence-electron chi connectivity index (χ0n) is 12.3. The Bertz CT molecular complexity index is 644. The Morgan fingerprint density at radius 1 is 1.36 bits per heavy atom. The summed E-state index contributed by atoms with van der Waals surface area (Å²) in [5.74, 6) is -0.759. The predicted octanol–water partition coefficient (Wildman–Crippen LogP) is 2.61. The van der Waals surface area contributed by atoms with Gasteiger partial charge in [-0.25, -0.2) is 9.37 Å². The summed E-state index contributed by atoms with van der Waals surface area (Å²) in [6.07, 6.45) is 2.31. The molecule has 0 aliphatic heterocycles. The number of carbonyl (C=O) groups is 1. The van der Waals surface area contributed by atoms with Gasteiger partial charge >= 0.3 is 0 Å². The van der Waals surface area contributed by atoms with E-state index in [-0.39, 0.29) is 17.2 Å². The maximum Gasteiger partial charge on any atom is 0.250 e. The van der Waals surface area contributed by atoms with Crippen molar-refractivity contribution in [3.05, 3.63) is 53.5 Å². The van der Waals surface area contributed by atoms with E-state index in [9.17, 15) is 9.18 Å². The Balaban J connectivity index is 2.04. The number of pyridine rings is 1. The molecule has 2 rings (SSSR count). The fourth-order valence-electron chi connectivity index (χ4n) is 1.85. The minimum absolute atomic E-state index is 0.0820. The Hall–Kier alpha value is -2.47. The van der Waals surface area contributed by atoms with Crippen LogP contribution in [0, 0.1) is 5.82 Å². The highest BCUT2D eigenvalue weighted by Crippen LogP contribution is 2.23. The Labute approximate surface area is 128 Å². The van der Waals surface area contributed by atoms with Crippen molar-refractivity contribution in [3.63, 3.8) is 0 Å². The first-order chi connectivity index (χ1) is 10.6. The number of halogens is 1. The van der Waals surface area contributed by atoms with E-state index in [2.05, 4.69) is 17.2 Å². The van der Waals surface area contributed by atoms with Gasteiger partial charge in [-0.2, -0.15) is 0 Å². The van der Waals surface area contributed by atoms with Gasteiger partial charge in [-0.05, 0) is 36.7 Å². The lowest BCUT2D eigenvalue weighted by atomic mass is 10.2. The summed E-state index contributed by atoms with van der Waals surface area (Å²) in [5.41, 5.74) is 6.23. The smallest absolute Gasteiger partial charge is 0.250 e. The number of primary amides is 1. The number of nitrogens with one attached hydrogen (secondary N) is 1. The molecule has 0 aliphatic rings. The van der Waals surface area contributed by atoms with Gasteiger partial charge in [0.2, 0.25) is 11.8 Å². The van der Waals surface area contributed by atoms with E-state index in [0.717, 1.165) is 18.5 Å². The van der Waals surface area contributed by atoms with Crippen molar-refractivity contribution in [2.24, 2.45) is 5.73 Å². The van der Waals surface area contributed by atoms with Gasteiger partial charge in [-0.15, -0.1) is 0 Å². The molecule has 0 saturated heterocycles. The highest BCUT2D eigenvalue weighted by molar-refractivity contribution is 5.92. The molecule has 0 unspecified atom stereocenters. The number of carbonyl (C=O) groups excluding carboxylic acids is 1. The lowest BCUT2D eigenvalue weighted by Gasteiger charge is -2.08. The number of nitrogens with two attached hydrogens (primary N) is 1. The molecule has 0 atom stereocenters. The van der Waals surface area contributed by atoms with Crippen LogP contribution >= 0.6 is 0 Å². The number of rotatable bonds is 7. The molecule has 116 valence electrons. The molecule has 22 heavy (non-hydrogen) atoms. The van der Waals surface area contributed by atoms with Crippen LogP contribution < -0.4 is 15.8 Å². The van der Waals surface area contributed by atoms with E-state index in [1.807, 2.05) is 0 Å². The van der Waals surface area contributed by atoms with Crippen molar-refractivity contribution in [2.75, 3.05) is 6.54 Å². The molecule has 5 nitrogen and oxygen atoms in total. The lowest BCUT2D eigenvalue weighted by molar-refractivity contribution is 0.1000. The number of hydrogen-bond donors (Lipinski definition) is 2. The summed E-state index contributed by atoms with van der Waals surface area (Å²) in [4.78, 5) is 14.9. The standard InChI is InChI=1S/C16H18FN3O2/c1-2-7-19-9-11-3-5-14(13(17)8-11)22-15-6-4-12(10-20-15)16(18)21/h3-6,8,10,19H,2,7,9H2,1H3,(H2,18,21). The second-order valence-electron chi connectivity index (χ2n) is 4.79. The normalized spacial score (nSPS) is 10.5. The highest BCUT2D eigenvalue weighted by atomic mass is 19.1. The van der Waals surface area contributed by atoms with Crippen LogP contribution in [0.5, 0.6) is 11.6 Å². The largest absolute Gasteiger partial charge is 0.436 e. The molecule has 1 heterocycles. The molecule has 0 bridgehead atoms. The van der Waals surface area contributed by atoms with Crippen LogP contribution in [0.15, 0.2) is 36.5 Å². The summed E-state index contributed by atoms with van der Waals surface area (Å²) >= 11 is 0. The van der Waals surface area contributed by atoms with Gasteiger partial charge in [-0.3, -0.25) is 4.79 Å². The van der Waals surface area contributed by atoms with Crippen LogP contribution in [0.1, 0.15) is 29.3 Å². The second kappa shape index (κ2) is 7.51. The van der Waals surface area contributed by atoms with Crippen molar-refractivity contribution in [1.82, 2.24) is 10.3 Å². The van der Waals surface area contributed by atoms with E-state index in [1.54, 1.807) is 12.1 Å². The number of ether oxygens (including phenoxy) is 1. The number of nitrogens with zero attached hydrogens (tertiary/aromatic N) is 1. The topological polar surface area (TPSA) is 77.2 Å². The van der Waals surface area contributed by atoms with Crippen LogP contribution in [0.3, 0.4) is 0 Å². The Morgan fingerprint density at radius 3 is 2.77 bits per heavy atom. The minimum Gasteiger partial charge on any atom is -0.436 e. The van der Waals surface area contributed by atoms with E-state index in [0.29, 0.717) is 6.54 Å². The average Bonchev–Trinajstić information content (AvgIpc) is 2.51. The van der Waals surface area contributed by atoms with Gasteiger partial charge in [0.1, 0.15) is 0 Å². The fourth-order valence-corrected chi connectivity index (χ4v) is 1.85. The molecule has 0 aliphatic carbocycles. The molecule has 6 heteroatoms. The number of hydrogen-bond acceptors (Lipinski definition) is 4. The lowest BCUT2D eigenvalue weighted by Crippen LogP contribution is -2.13. The number of benzene rings is 1. The van der Waals surface area contributed by atoms with Crippen LogP contribution in [-0.4, -0.2) is 17.4 Å². The molecule has 2 aromatic rings.